The summed E-state index contributed by atoms with van der Waals surface area (Å²) in [5.74, 6) is -0.655. The van der Waals surface area contributed by atoms with E-state index in [2.05, 4.69) is 27.7 Å². The number of carbonyl (C=O) groups excluding carboxylic acids is 1. The smallest absolute Gasteiger partial charge is 0.756 e. The van der Waals surface area contributed by atoms with Crippen LogP contribution in [0.25, 0.3) is 0 Å². The van der Waals surface area contributed by atoms with Gasteiger partial charge in [-0.05, 0) is 18.9 Å². The average molecular weight is 956 g/mol. The van der Waals surface area contributed by atoms with Gasteiger partial charge in [-0.1, -0.05) is 162 Å². The molecule has 0 radical (unpaired) electrons. The second kappa shape index (κ2) is 38.1. The van der Waals surface area contributed by atoms with Crippen LogP contribution in [-0.2, 0) is 41.5 Å². The van der Waals surface area contributed by atoms with Gasteiger partial charge < -0.3 is 49.0 Å². The van der Waals surface area contributed by atoms with Crippen LogP contribution in [0.4, 0.5) is 5.82 Å². The SMILES string of the molecule is CCCCCCCCCCCCCCCC(=O)OC(COCCCCCCCCCCCCCC)COP(=O)([O-])OP(=O)([O-])OCC1OC(n2ccc(N)nc2=O)C(O)C1O.[Na+].[Na+]. The van der Waals surface area contributed by atoms with Crippen molar-refractivity contribution in [3.8, 4) is 0 Å². The minimum atomic E-state index is -5.66. The largest absolute Gasteiger partial charge is 1.00 e. The number of unbranched alkanes of at least 4 members (excludes halogenated alkanes) is 23. The molecule has 2 heterocycles. The average Bonchev–Trinajstić information content (AvgIpc) is 3.49. The van der Waals surface area contributed by atoms with Gasteiger partial charge in [-0.15, -0.1) is 0 Å². The Labute approximate surface area is 420 Å². The van der Waals surface area contributed by atoms with Crippen molar-refractivity contribution in [1.29, 1.82) is 0 Å². The summed E-state index contributed by atoms with van der Waals surface area (Å²) in [7, 11) is -11.3. The molecule has 1 saturated heterocycles. The number of nitrogen functional groups attached to an aromatic ring is 1. The number of phosphoric ester groups is 2. The van der Waals surface area contributed by atoms with E-state index in [1.165, 1.54) is 115 Å². The zero-order valence-electron chi connectivity index (χ0n) is 38.9. The normalized spacial score (nSPS) is 19.7. The summed E-state index contributed by atoms with van der Waals surface area (Å²) in [6.45, 7) is 2.86. The molecule has 1 aliphatic rings. The van der Waals surface area contributed by atoms with E-state index in [0.29, 0.717) is 13.0 Å². The van der Waals surface area contributed by atoms with Gasteiger partial charge in [0.15, 0.2) is 6.23 Å². The Morgan fingerprint density at radius 2 is 1.21 bits per heavy atom. The van der Waals surface area contributed by atoms with Crippen molar-refractivity contribution in [3.05, 3.63) is 22.7 Å². The number of carbonyl (C=O) groups is 1. The molecular formula is C42H77N3Na2O14P2. The third-order valence-electron chi connectivity index (χ3n) is 10.7. The molecule has 7 unspecified atom stereocenters. The molecule has 0 saturated carbocycles. The summed E-state index contributed by atoms with van der Waals surface area (Å²) in [6, 6.07) is 1.25. The number of rotatable bonds is 39. The number of nitrogens with two attached hydrogens (primary N) is 1. The van der Waals surface area contributed by atoms with Crippen molar-refractivity contribution >= 4 is 27.4 Å². The number of aliphatic hydroxyl groups is 2. The van der Waals surface area contributed by atoms with Gasteiger partial charge in [-0.2, -0.15) is 4.98 Å². The van der Waals surface area contributed by atoms with Crippen molar-refractivity contribution in [2.75, 3.05) is 32.2 Å². The van der Waals surface area contributed by atoms with E-state index in [1.54, 1.807) is 0 Å². The number of hydrogen-bond acceptors (Lipinski definition) is 16. The Balaban J connectivity index is 0.0000192. The summed E-state index contributed by atoms with van der Waals surface area (Å²) >= 11 is 0. The first-order valence-corrected chi connectivity index (χ1v) is 26.0. The molecule has 1 aromatic heterocycles. The van der Waals surface area contributed by atoms with Gasteiger partial charge in [0.1, 0.15) is 30.2 Å². The summed E-state index contributed by atoms with van der Waals surface area (Å²) in [4.78, 5) is 53.6. The first-order chi connectivity index (χ1) is 29.3. The number of aromatic nitrogens is 2. The van der Waals surface area contributed by atoms with Gasteiger partial charge in [0.2, 0.25) is 0 Å². The van der Waals surface area contributed by atoms with Gasteiger partial charge in [0, 0.05) is 19.2 Å². The van der Waals surface area contributed by atoms with Crippen molar-refractivity contribution in [1.82, 2.24) is 9.55 Å². The molecule has 21 heteroatoms. The minimum Gasteiger partial charge on any atom is -0.756 e. The monoisotopic (exact) mass is 955 g/mol. The molecular weight excluding hydrogens is 878 g/mol. The zero-order chi connectivity index (χ0) is 44.8. The molecule has 2 rings (SSSR count). The maximum Gasteiger partial charge on any atom is 1.00 e. The van der Waals surface area contributed by atoms with Gasteiger partial charge in [0.25, 0.3) is 15.6 Å². The van der Waals surface area contributed by atoms with Crippen LogP contribution in [0.1, 0.15) is 187 Å². The van der Waals surface area contributed by atoms with Crippen molar-refractivity contribution in [2.24, 2.45) is 0 Å². The molecule has 0 aliphatic carbocycles. The fraction of sp³-hybridized carbons (Fsp3) is 0.881. The Morgan fingerprint density at radius 3 is 1.70 bits per heavy atom. The van der Waals surface area contributed by atoms with E-state index in [0.717, 1.165) is 55.7 Å². The molecule has 4 N–H and O–H groups in total. The Morgan fingerprint density at radius 1 is 0.746 bits per heavy atom. The number of esters is 1. The second-order valence-corrected chi connectivity index (χ2v) is 19.2. The number of nitrogens with zero attached hydrogens (tertiary/aromatic N) is 2. The first-order valence-electron chi connectivity index (χ1n) is 23.0. The van der Waals surface area contributed by atoms with Crippen LogP contribution in [0.2, 0.25) is 0 Å². The fourth-order valence-electron chi connectivity index (χ4n) is 7.13. The number of aliphatic hydroxyl groups excluding tert-OH is 2. The topological polar surface area (TPSA) is 254 Å². The molecule has 0 spiro atoms. The van der Waals surface area contributed by atoms with Crippen molar-refractivity contribution < 1.29 is 121 Å². The molecule has 17 nitrogen and oxygen atoms in total. The molecule has 356 valence electrons. The third-order valence-corrected chi connectivity index (χ3v) is 13.2. The molecule has 0 amide bonds. The maximum atomic E-state index is 12.8. The quantitative estimate of drug-likeness (QED) is 0.0366. The van der Waals surface area contributed by atoms with Crippen LogP contribution >= 0.6 is 15.6 Å². The second-order valence-electron chi connectivity index (χ2n) is 16.2. The van der Waals surface area contributed by atoms with Crippen molar-refractivity contribution in [2.45, 2.75) is 211 Å². The van der Waals surface area contributed by atoms with Gasteiger partial charge in [-0.25, -0.2) is 9.11 Å². The van der Waals surface area contributed by atoms with E-state index >= 15 is 0 Å². The Hall–Kier alpha value is 0.250. The molecule has 0 bridgehead atoms. The number of ether oxygens (including phenoxy) is 3. The third kappa shape index (κ3) is 30.4. The van der Waals surface area contributed by atoms with Crippen LogP contribution in [-0.4, -0.2) is 76.6 Å². The fourth-order valence-corrected chi connectivity index (χ4v) is 9.17. The summed E-state index contributed by atoms with van der Waals surface area (Å²) in [5, 5.41) is 20.8. The predicted molar refractivity (Wildman–Crippen MR) is 229 cm³/mol. The van der Waals surface area contributed by atoms with E-state index in [4.69, 9.17) is 24.5 Å². The number of phosphoric acid groups is 2. The van der Waals surface area contributed by atoms with E-state index in [-0.39, 0.29) is 78.0 Å². The van der Waals surface area contributed by atoms with Crippen LogP contribution < -0.4 is 80.3 Å². The standard InChI is InChI=1S/C42H79N3O14P2.2Na/c1-3-5-7-9-11-13-15-17-18-20-22-24-26-28-38(46)57-35(32-54-31-27-25-23-21-19-16-14-12-10-8-6-4-2)33-55-60(50,51)59-61(52,53)56-34-36-39(47)40(48)41(58-36)45-30-29-37(43)44-42(45)49;;/h29-30,35-36,39-41,47-48H,3-28,31-34H2,1-2H3,(H,50,51)(H,52,53)(H2,43,44,49);;/q;2*+1/p-2. The number of hydrogen-bond donors (Lipinski definition) is 3. The molecule has 1 aliphatic heterocycles. The van der Waals surface area contributed by atoms with Gasteiger partial charge in [-0.3, -0.25) is 18.5 Å². The van der Waals surface area contributed by atoms with Crippen LogP contribution in [0.15, 0.2) is 17.1 Å². The van der Waals surface area contributed by atoms with E-state index in [1.807, 2.05) is 0 Å². The first kappa shape index (κ1) is 63.2. The molecule has 63 heavy (non-hydrogen) atoms. The summed E-state index contributed by atoms with van der Waals surface area (Å²) in [5.41, 5.74) is 4.57. The van der Waals surface area contributed by atoms with Crippen LogP contribution in [0.3, 0.4) is 0 Å². The summed E-state index contributed by atoms with van der Waals surface area (Å²) in [6.07, 6.45) is 22.8. The zero-order valence-corrected chi connectivity index (χ0v) is 44.7. The minimum absolute atomic E-state index is 0. The van der Waals surface area contributed by atoms with Crippen LogP contribution in [0.5, 0.6) is 0 Å². The molecule has 1 fully saturated rings. The maximum absolute atomic E-state index is 12.8. The van der Waals surface area contributed by atoms with Crippen LogP contribution in [0, 0.1) is 0 Å². The molecule has 7 atom stereocenters. The van der Waals surface area contributed by atoms with E-state index < -0.39 is 71.2 Å². The Bertz CT molecular complexity index is 1470. The Kier molecular flexibility index (Phi) is 38.3. The molecule has 0 aromatic carbocycles. The number of anilines is 1. The predicted octanol–water partition coefficient (Wildman–Crippen LogP) is 1.55. The van der Waals surface area contributed by atoms with Gasteiger partial charge in [0.05, 0.1) is 19.8 Å². The molecule has 1 aromatic rings. The summed E-state index contributed by atoms with van der Waals surface area (Å²) < 4.78 is 56.3. The van der Waals surface area contributed by atoms with E-state index in [9.17, 15) is 38.7 Å². The van der Waals surface area contributed by atoms with Gasteiger partial charge >= 0.3 is 70.8 Å². The van der Waals surface area contributed by atoms with Crippen molar-refractivity contribution in [3.63, 3.8) is 0 Å².